The third kappa shape index (κ3) is 5.35. The van der Waals surface area contributed by atoms with Gasteiger partial charge in [-0.15, -0.1) is 0 Å². The predicted molar refractivity (Wildman–Crippen MR) is 67.8 cm³/mol. The number of methoxy groups -OCH3 is 1. The van der Waals surface area contributed by atoms with E-state index in [1.54, 1.807) is 7.11 Å². The molecule has 0 heterocycles. The summed E-state index contributed by atoms with van der Waals surface area (Å²) >= 11 is 0. The zero-order chi connectivity index (χ0) is 12.7. The van der Waals surface area contributed by atoms with Crippen molar-refractivity contribution in [3.05, 3.63) is 11.6 Å². The molecule has 3 nitrogen and oxygen atoms in total. The summed E-state index contributed by atoms with van der Waals surface area (Å²) in [5.74, 6) is 0.293. The van der Waals surface area contributed by atoms with Gasteiger partial charge >= 0.3 is 5.97 Å². The quantitative estimate of drug-likeness (QED) is 0.547. The third-order valence-electron chi connectivity index (χ3n) is 2.99. The Kier molecular flexibility index (Phi) is 6.27. The van der Waals surface area contributed by atoms with E-state index in [0.29, 0.717) is 18.1 Å². The smallest absolute Gasteiger partial charge is 0.336 e. The number of carbonyl (C=O) groups excluding carboxylic acids is 1. The first kappa shape index (κ1) is 14.2. The molecule has 0 bridgehead atoms. The monoisotopic (exact) mass is 240 g/mol. The highest BCUT2D eigenvalue weighted by atomic mass is 16.5. The van der Waals surface area contributed by atoms with Crippen LogP contribution in [0.3, 0.4) is 0 Å². The maximum absolute atomic E-state index is 11.8. The summed E-state index contributed by atoms with van der Waals surface area (Å²) in [7, 11) is 1.61. The van der Waals surface area contributed by atoms with E-state index in [9.17, 15) is 4.79 Å². The Hall–Kier alpha value is -0.830. The van der Waals surface area contributed by atoms with Crippen molar-refractivity contribution >= 4 is 5.97 Å². The van der Waals surface area contributed by atoms with Crippen LogP contribution in [-0.2, 0) is 14.3 Å². The molecule has 98 valence electrons. The first-order chi connectivity index (χ1) is 8.13. The maximum atomic E-state index is 11.8. The highest BCUT2D eigenvalue weighted by molar-refractivity contribution is 5.88. The van der Waals surface area contributed by atoms with Crippen molar-refractivity contribution in [1.29, 1.82) is 0 Å². The summed E-state index contributed by atoms with van der Waals surface area (Å²) < 4.78 is 10.3. The standard InChI is InChI=1S/C14H24O3/c1-11(2)17-14(15)13(10-16-3)9-12-7-5-4-6-8-12/h9,11-12H,4-8,10H2,1-3H3. The molecular weight excluding hydrogens is 216 g/mol. The molecule has 1 saturated carbocycles. The minimum Gasteiger partial charge on any atom is -0.460 e. The van der Waals surface area contributed by atoms with Crippen LogP contribution in [0.25, 0.3) is 0 Å². The van der Waals surface area contributed by atoms with Gasteiger partial charge in [0.25, 0.3) is 0 Å². The molecule has 1 aliphatic rings. The molecule has 0 aromatic rings. The van der Waals surface area contributed by atoms with Crippen LogP contribution in [0.4, 0.5) is 0 Å². The van der Waals surface area contributed by atoms with Crippen molar-refractivity contribution in [3.63, 3.8) is 0 Å². The lowest BCUT2D eigenvalue weighted by atomic mass is 9.88. The molecule has 1 aliphatic carbocycles. The molecular formula is C14H24O3. The second kappa shape index (κ2) is 7.49. The summed E-state index contributed by atoms with van der Waals surface area (Å²) in [6.45, 7) is 4.08. The van der Waals surface area contributed by atoms with Crippen LogP contribution in [0.15, 0.2) is 11.6 Å². The van der Waals surface area contributed by atoms with Crippen molar-refractivity contribution in [3.8, 4) is 0 Å². The average molecular weight is 240 g/mol. The first-order valence-electron chi connectivity index (χ1n) is 6.54. The van der Waals surface area contributed by atoms with Crippen molar-refractivity contribution in [1.82, 2.24) is 0 Å². The fourth-order valence-corrected chi connectivity index (χ4v) is 2.21. The van der Waals surface area contributed by atoms with E-state index >= 15 is 0 Å². The maximum Gasteiger partial charge on any atom is 0.336 e. The number of esters is 1. The van der Waals surface area contributed by atoms with E-state index in [-0.39, 0.29) is 12.1 Å². The number of allylic oxidation sites excluding steroid dienone is 1. The topological polar surface area (TPSA) is 35.5 Å². The van der Waals surface area contributed by atoms with Gasteiger partial charge in [0, 0.05) is 7.11 Å². The van der Waals surface area contributed by atoms with E-state index in [4.69, 9.17) is 9.47 Å². The van der Waals surface area contributed by atoms with Gasteiger partial charge in [0.2, 0.25) is 0 Å². The SMILES string of the molecule is COCC(=CC1CCCCC1)C(=O)OC(C)C. The average Bonchev–Trinajstić information content (AvgIpc) is 2.29. The van der Waals surface area contributed by atoms with Gasteiger partial charge in [0.05, 0.1) is 18.3 Å². The molecule has 1 rings (SSSR count). The Bertz CT molecular complexity index is 263. The van der Waals surface area contributed by atoms with Crippen molar-refractivity contribution < 1.29 is 14.3 Å². The van der Waals surface area contributed by atoms with Crippen LogP contribution >= 0.6 is 0 Å². The van der Waals surface area contributed by atoms with Gasteiger partial charge in [0.15, 0.2) is 0 Å². The fourth-order valence-electron chi connectivity index (χ4n) is 2.21. The number of hydrogen-bond acceptors (Lipinski definition) is 3. The molecule has 0 amide bonds. The van der Waals surface area contributed by atoms with Crippen LogP contribution in [0.1, 0.15) is 46.0 Å². The lowest BCUT2D eigenvalue weighted by Gasteiger charge is -2.19. The van der Waals surface area contributed by atoms with E-state index < -0.39 is 0 Å². The molecule has 17 heavy (non-hydrogen) atoms. The first-order valence-corrected chi connectivity index (χ1v) is 6.54. The Labute approximate surface area is 104 Å². The summed E-state index contributed by atoms with van der Waals surface area (Å²) in [5, 5.41) is 0. The van der Waals surface area contributed by atoms with E-state index in [1.807, 2.05) is 13.8 Å². The Balaban J connectivity index is 2.62. The van der Waals surface area contributed by atoms with Crippen molar-refractivity contribution in [2.24, 2.45) is 5.92 Å². The lowest BCUT2D eigenvalue weighted by Crippen LogP contribution is -2.18. The van der Waals surface area contributed by atoms with Crippen LogP contribution in [-0.4, -0.2) is 25.8 Å². The van der Waals surface area contributed by atoms with Crippen LogP contribution in [0.5, 0.6) is 0 Å². The van der Waals surface area contributed by atoms with E-state index in [0.717, 1.165) is 0 Å². The van der Waals surface area contributed by atoms with Crippen molar-refractivity contribution in [2.75, 3.05) is 13.7 Å². The Morgan fingerprint density at radius 2 is 1.94 bits per heavy atom. The van der Waals surface area contributed by atoms with Crippen molar-refractivity contribution in [2.45, 2.75) is 52.1 Å². The largest absolute Gasteiger partial charge is 0.460 e. The second-order valence-corrected chi connectivity index (χ2v) is 4.98. The summed E-state index contributed by atoms with van der Waals surface area (Å²) in [6, 6.07) is 0. The van der Waals surface area contributed by atoms with Crippen LogP contribution in [0, 0.1) is 5.92 Å². The highest BCUT2D eigenvalue weighted by Crippen LogP contribution is 2.26. The molecule has 0 N–H and O–H groups in total. The minimum absolute atomic E-state index is 0.0749. The minimum atomic E-state index is -0.229. The molecule has 0 aromatic carbocycles. The fraction of sp³-hybridized carbons (Fsp3) is 0.786. The predicted octanol–water partition coefficient (Wildman–Crippen LogP) is 3.09. The van der Waals surface area contributed by atoms with Gasteiger partial charge in [-0.1, -0.05) is 25.3 Å². The summed E-state index contributed by atoms with van der Waals surface area (Å²) in [5.41, 5.74) is 0.674. The Morgan fingerprint density at radius 1 is 1.29 bits per heavy atom. The summed E-state index contributed by atoms with van der Waals surface area (Å²) in [4.78, 5) is 11.8. The molecule has 0 spiro atoms. The Morgan fingerprint density at radius 3 is 2.47 bits per heavy atom. The van der Waals surface area contributed by atoms with Gasteiger partial charge in [-0.3, -0.25) is 0 Å². The van der Waals surface area contributed by atoms with Gasteiger partial charge < -0.3 is 9.47 Å². The second-order valence-electron chi connectivity index (χ2n) is 4.98. The number of hydrogen-bond donors (Lipinski definition) is 0. The van der Waals surface area contributed by atoms with Gasteiger partial charge in [-0.05, 0) is 32.6 Å². The molecule has 0 aromatic heterocycles. The molecule has 0 atom stereocenters. The van der Waals surface area contributed by atoms with Gasteiger partial charge in [-0.25, -0.2) is 4.79 Å². The zero-order valence-corrected chi connectivity index (χ0v) is 11.2. The molecule has 1 fully saturated rings. The van der Waals surface area contributed by atoms with Gasteiger partial charge in [0.1, 0.15) is 0 Å². The molecule has 0 saturated heterocycles. The number of carbonyl (C=O) groups is 1. The van der Waals surface area contributed by atoms with E-state index in [1.165, 1.54) is 32.1 Å². The molecule has 3 heteroatoms. The molecule has 0 unspecified atom stereocenters. The number of ether oxygens (including phenoxy) is 2. The normalized spacial score (nSPS) is 18.5. The highest BCUT2D eigenvalue weighted by Gasteiger charge is 2.17. The summed E-state index contributed by atoms with van der Waals surface area (Å²) in [6.07, 6.45) is 8.20. The van der Waals surface area contributed by atoms with Crippen LogP contribution in [0.2, 0.25) is 0 Å². The third-order valence-corrected chi connectivity index (χ3v) is 2.99. The lowest BCUT2D eigenvalue weighted by molar-refractivity contribution is -0.143. The molecule has 0 radical (unpaired) electrons. The van der Waals surface area contributed by atoms with Crippen LogP contribution < -0.4 is 0 Å². The zero-order valence-electron chi connectivity index (χ0n) is 11.2. The van der Waals surface area contributed by atoms with E-state index in [2.05, 4.69) is 6.08 Å². The molecule has 0 aliphatic heterocycles. The number of rotatable bonds is 5. The van der Waals surface area contributed by atoms with Gasteiger partial charge in [-0.2, -0.15) is 0 Å².